The Bertz CT molecular complexity index is 849. The molecule has 0 radical (unpaired) electrons. The van der Waals surface area contributed by atoms with Gasteiger partial charge in [0.05, 0.1) is 28.9 Å². The molecule has 176 valence electrons. The van der Waals surface area contributed by atoms with Crippen LogP contribution in [-0.4, -0.2) is 53.8 Å². The number of aryl methyl sites for hydroxylation is 1. The molecule has 0 atom stereocenters. The summed E-state index contributed by atoms with van der Waals surface area (Å²) in [6, 6.07) is 3.76. The van der Waals surface area contributed by atoms with Crippen molar-refractivity contribution in [1.82, 2.24) is 14.9 Å². The molecule has 1 aliphatic heterocycles. The summed E-state index contributed by atoms with van der Waals surface area (Å²) in [5, 5.41) is 1.39. The number of likely N-dealkylation sites (N-methyl/N-ethyl adjacent to an activating group) is 1. The molecule has 1 spiro atoms. The standard InChI is InChI=1S/C24H37N5O3/c1-17-21(32-18-8-4-3-5-9-18)11-10-19(27-17)22(25)20(28(2)26)14-31-23(30)29-15-24(16-29)12-6-7-13-24/h10-11,18H,3-9,12-16,25-26H2,1-2H3/b22-20-. The molecule has 0 bridgehead atoms. The number of rotatable bonds is 6. The number of amides is 1. The van der Waals surface area contributed by atoms with Crippen LogP contribution >= 0.6 is 0 Å². The van der Waals surface area contributed by atoms with Crippen LogP contribution in [0.25, 0.3) is 5.70 Å². The lowest BCUT2D eigenvalue weighted by Gasteiger charge is -2.47. The highest BCUT2D eigenvalue weighted by molar-refractivity contribution is 5.70. The lowest BCUT2D eigenvalue weighted by Crippen LogP contribution is -2.57. The molecule has 2 saturated carbocycles. The smallest absolute Gasteiger partial charge is 0.410 e. The predicted octanol–water partition coefficient (Wildman–Crippen LogP) is 3.55. The zero-order valence-corrected chi connectivity index (χ0v) is 19.4. The molecule has 1 aromatic heterocycles. The largest absolute Gasteiger partial charge is 0.489 e. The highest BCUT2D eigenvalue weighted by Crippen LogP contribution is 2.45. The van der Waals surface area contributed by atoms with Crippen molar-refractivity contribution in [3.63, 3.8) is 0 Å². The van der Waals surface area contributed by atoms with E-state index in [0.29, 0.717) is 22.5 Å². The number of likely N-dealkylation sites (tertiary alicyclic amines) is 1. The number of carbonyl (C=O) groups is 1. The second kappa shape index (κ2) is 9.57. The van der Waals surface area contributed by atoms with Crippen molar-refractivity contribution < 1.29 is 14.3 Å². The van der Waals surface area contributed by atoms with Crippen LogP contribution in [-0.2, 0) is 4.74 Å². The molecule has 32 heavy (non-hydrogen) atoms. The van der Waals surface area contributed by atoms with Gasteiger partial charge in [-0.3, -0.25) is 0 Å². The fraction of sp³-hybridized carbons (Fsp3) is 0.667. The molecule has 2 heterocycles. The third-order valence-electron chi connectivity index (χ3n) is 7.20. The van der Waals surface area contributed by atoms with E-state index in [1.807, 2.05) is 19.1 Å². The van der Waals surface area contributed by atoms with E-state index in [1.165, 1.54) is 50.0 Å². The van der Waals surface area contributed by atoms with Crippen molar-refractivity contribution in [2.24, 2.45) is 17.0 Å². The Morgan fingerprint density at radius 1 is 1.19 bits per heavy atom. The summed E-state index contributed by atoms with van der Waals surface area (Å²) < 4.78 is 11.7. The normalized spacial score (nSPS) is 21.2. The van der Waals surface area contributed by atoms with Crippen LogP contribution in [0.5, 0.6) is 5.75 Å². The Morgan fingerprint density at radius 2 is 1.88 bits per heavy atom. The summed E-state index contributed by atoms with van der Waals surface area (Å²) in [6.07, 6.45) is 10.8. The van der Waals surface area contributed by atoms with Crippen molar-refractivity contribution in [1.29, 1.82) is 0 Å². The summed E-state index contributed by atoms with van der Waals surface area (Å²) >= 11 is 0. The van der Waals surface area contributed by atoms with Crippen LogP contribution in [0.2, 0.25) is 0 Å². The highest BCUT2D eigenvalue weighted by atomic mass is 16.6. The third kappa shape index (κ3) is 4.95. The molecule has 3 fully saturated rings. The number of nitrogens with zero attached hydrogens (tertiary/aromatic N) is 3. The van der Waals surface area contributed by atoms with Crippen molar-refractivity contribution in [2.75, 3.05) is 26.7 Å². The lowest BCUT2D eigenvalue weighted by atomic mass is 9.79. The Balaban J connectivity index is 1.38. The summed E-state index contributed by atoms with van der Waals surface area (Å²) in [7, 11) is 1.68. The third-order valence-corrected chi connectivity index (χ3v) is 7.20. The molecule has 8 nitrogen and oxygen atoms in total. The summed E-state index contributed by atoms with van der Waals surface area (Å²) in [5.74, 6) is 6.80. The Labute approximate surface area is 190 Å². The number of ether oxygens (including phenoxy) is 2. The van der Waals surface area contributed by atoms with Gasteiger partial charge in [0.15, 0.2) is 0 Å². The molecule has 1 amide bonds. The minimum Gasteiger partial charge on any atom is -0.489 e. The zero-order valence-electron chi connectivity index (χ0n) is 19.4. The van der Waals surface area contributed by atoms with E-state index >= 15 is 0 Å². The minimum absolute atomic E-state index is 0.00220. The highest BCUT2D eigenvalue weighted by Gasteiger charge is 2.47. The fourth-order valence-electron chi connectivity index (χ4n) is 5.26. The SMILES string of the molecule is Cc1nc(/C(N)=C(\COC(=O)N2CC3(CCCC3)C2)N(C)N)ccc1OC1CCCCC1. The molecule has 0 aromatic carbocycles. The number of nitrogens with two attached hydrogens (primary N) is 2. The van der Waals surface area contributed by atoms with E-state index in [1.54, 1.807) is 11.9 Å². The number of hydrogen-bond donors (Lipinski definition) is 2. The second-order valence-electron chi connectivity index (χ2n) is 9.75. The quantitative estimate of drug-likeness (QED) is 0.511. The van der Waals surface area contributed by atoms with Gasteiger partial charge in [-0.1, -0.05) is 19.3 Å². The van der Waals surface area contributed by atoms with Gasteiger partial charge in [-0.05, 0) is 57.6 Å². The maximum absolute atomic E-state index is 12.5. The Hall–Kier alpha value is -2.48. The number of hydrazine groups is 1. The monoisotopic (exact) mass is 443 g/mol. The topological polar surface area (TPSA) is 107 Å². The number of aromatic nitrogens is 1. The average Bonchev–Trinajstić information content (AvgIpc) is 3.25. The van der Waals surface area contributed by atoms with Gasteiger partial charge in [-0.2, -0.15) is 0 Å². The van der Waals surface area contributed by atoms with Crippen LogP contribution in [0, 0.1) is 12.3 Å². The number of carbonyl (C=O) groups excluding carboxylic acids is 1. The van der Waals surface area contributed by atoms with Gasteiger partial charge >= 0.3 is 6.09 Å². The van der Waals surface area contributed by atoms with Crippen LogP contribution in [0.4, 0.5) is 4.79 Å². The van der Waals surface area contributed by atoms with Crippen molar-refractivity contribution in [3.8, 4) is 5.75 Å². The molecule has 8 heteroatoms. The Morgan fingerprint density at radius 3 is 2.50 bits per heavy atom. The minimum atomic E-state index is -0.310. The van der Waals surface area contributed by atoms with Crippen LogP contribution in [0.3, 0.4) is 0 Å². The molecule has 1 aromatic rings. The van der Waals surface area contributed by atoms with E-state index in [4.69, 9.17) is 21.1 Å². The maximum Gasteiger partial charge on any atom is 0.410 e. The van der Waals surface area contributed by atoms with E-state index in [2.05, 4.69) is 4.98 Å². The molecule has 4 N–H and O–H groups in total. The van der Waals surface area contributed by atoms with E-state index < -0.39 is 0 Å². The van der Waals surface area contributed by atoms with Crippen LogP contribution < -0.4 is 16.3 Å². The number of pyridine rings is 1. The van der Waals surface area contributed by atoms with Gasteiger partial charge in [-0.15, -0.1) is 0 Å². The van der Waals surface area contributed by atoms with Crippen molar-refractivity contribution in [3.05, 3.63) is 29.2 Å². The van der Waals surface area contributed by atoms with Crippen molar-refractivity contribution >= 4 is 11.8 Å². The molecular weight excluding hydrogens is 406 g/mol. The molecular formula is C24H37N5O3. The molecule has 0 unspecified atom stereocenters. The first-order chi connectivity index (χ1) is 15.4. The first kappa shape index (κ1) is 22.7. The van der Waals surface area contributed by atoms with Gasteiger partial charge in [-0.25, -0.2) is 15.6 Å². The first-order valence-electron chi connectivity index (χ1n) is 11.9. The van der Waals surface area contributed by atoms with Crippen LogP contribution in [0.1, 0.15) is 69.2 Å². The van der Waals surface area contributed by atoms with E-state index in [-0.39, 0.29) is 18.8 Å². The first-order valence-corrected chi connectivity index (χ1v) is 11.9. The zero-order chi connectivity index (χ0) is 22.7. The maximum atomic E-state index is 12.5. The molecule has 1 saturated heterocycles. The molecule has 2 aliphatic carbocycles. The average molecular weight is 444 g/mol. The van der Waals surface area contributed by atoms with Crippen LogP contribution in [0.15, 0.2) is 17.8 Å². The van der Waals surface area contributed by atoms with Gasteiger partial charge in [0.25, 0.3) is 0 Å². The summed E-state index contributed by atoms with van der Waals surface area (Å²) in [4.78, 5) is 18.9. The van der Waals surface area contributed by atoms with Gasteiger partial charge < -0.3 is 25.1 Å². The summed E-state index contributed by atoms with van der Waals surface area (Å²) in [6.45, 7) is 3.51. The van der Waals surface area contributed by atoms with Crippen molar-refractivity contribution in [2.45, 2.75) is 70.8 Å². The lowest BCUT2D eigenvalue weighted by molar-refractivity contribution is 0.00167. The molecule has 4 rings (SSSR count). The number of hydrogen-bond acceptors (Lipinski definition) is 7. The fourth-order valence-corrected chi connectivity index (χ4v) is 5.26. The van der Waals surface area contributed by atoms with Gasteiger partial charge in [0.1, 0.15) is 12.4 Å². The van der Waals surface area contributed by atoms with Gasteiger partial charge in [0, 0.05) is 25.6 Å². The second-order valence-corrected chi connectivity index (χ2v) is 9.75. The predicted molar refractivity (Wildman–Crippen MR) is 123 cm³/mol. The molecule has 3 aliphatic rings. The summed E-state index contributed by atoms with van der Waals surface area (Å²) in [5.41, 5.74) is 9.02. The van der Waals surface area contributed by atoms with E-state index in [0.717, 1.165) is 37.4 Å². The Kier molecular flexibility index (Phi) is 6.79. The van der Waals surface area contributed by atoms with Gasteiger partial charge in [0.2, 0.25) is 0 Å². The van der Waals surface area contributed by atoms with E-state index in [9.17, 15) is 4.79 Å².